The number of hydrogen-bond acceptors (Lipinski definition) is 4. The minimum atomic E-state index is -0.250. The standard InChI is InChI=1S/C17H17FN2O3/c18-14-4-2-1-3-12(14)7-8-19-17(21)10-20-13-5-6-15-16(9-13)23-11-22-15/h1-6,9,20H,7-8,10-11H2,(H,19,21). The Balaban J connectivity index is 1.42. The van der Waals surface area contributed by atoms with Crippen LogP contribution in [0.5, 0.6) is 11.5 Å². The Morgan fingerprint density at radius 2 is 1.96 bits per heavy atom. The number of hydrogen-bond donors (Lipinski definition) is 2. The summed E-state index contributed by atoms with van der Waals surface area (Å²) in [4.78, 5) is 11.8. The van der Waals surface area contributed by atoms with Crippen molar-refractivity contribution in [1.29, 1.82) is 0 Å². The smallest absolute Gasteiger partial charge is 0.239 e. The number of anilines is 1. The molecule has 0 atom stereocenters. The van der Waals surface area contributed by atoms with Crippen molar-refractivity contribution >= 4 is 11.6 Å². The number of ether oxygens (including phenoxy) is 2. The first-order valence-electron chi connectivity index (χ1n) is 7.36. The summed E-state index contributed by atoms with van der Waals surface area (Å²) in [7, 11) is 0. The molecule has 2 aromatic rings. The summed E-state index contributed by atoms with van der Waals surface area (Å²) in [5.74, 6) is 0.957. The maximum absolute atomic E-state index is 13.4. The molecule has 0 radical (unpaired) electrons. The van der Waals surface area contributed by atoms with Crippen LogP contribution in [0.15, 0.2) is 42.5 Å². The van der Waals surface area contributed by atoms with E-state index in [0.29, 0.717) is 30.0 Å². The van der Waals surface area contributed by atoms with Crippen molar-refractivity contribution in [2.24, 2.45) is 0 Å². The van der Waals surface area contributed by atoms with E-state index in [4.69, 9.17) is 9.47 Å². The van der Waals surface area contributed by atoms with E-state index in [9.17, 15) is 9.18 Å². The number of rotatable bonds is 6. The largest absolute Gasteiger partial charge is 0.454 e. The van der Waals surface area contributed by atoms with Crippen LogP contribution in [-0.4, -0.2) is 25.8 Å². The molecule has 0 bridgehead atoms. The molecule has 120 valence electrons. The fourth-order valence-electron chi connectivity index (χ4n) is 2.29. The Morgan fingerprint density at radius 3 is 2.83 bits per heavy atom. The Kier molecular flexibility index (Phi) is 4.61. The van der Waals surface area contributed by atoms with Crippen LogP contribution in [0.3, 0.4) is 0 Å². The zero-order chi connectivity index (χ0) is 16.1. The van der Waals surface area contributed by atoms with E-state index in [1.807, 2.05) is 6.07 Å². The van der Waals surface area contributed by atoms with Crippen LogP contribution < -0.4 is 20.1 Å². The first kappa shape index (κ1) is 15.1. The van der Waals surface area contributed by atoms with Crippen molar-refractivity contribution in [1.82, 2.24) is 5.32 Å². The number of fused-ring (bicyclic) bond motifs is 1. The predicted molar refractivity (Wildman–Crippen MR) is 84.2 cm³/mol. The van der Waals surface area contributed by atoms with Crippen LogP contribution in [0.4, 0.5) is 10.1 Å². The molecule has 0 aromatic heterocycles. The number of nitrogens with one attached hydrogen (secondary N) is 2. The molecule has 1 amide bonds. The predicted octanol–water partition coefficient (Wildman–Crippen LogP) is 2.33. The molecule has 1 heterocycles. The lowest BCUT2D eigenvalue weighted by Crippen LogP contribution is -2.31. The van der Waals surface area contributed by atoms with Gasteiger partial charge in [-0.3, -0.25) is 4.79 Å². The molecule has 0 spiro atoms. The number of carbonyl (C=O) groups excluding carboxylic acids is 1. The molecule has 5 nitrogen and oxygen atoms in total. The summed E-state index contributed by atoms with van der Waals surface area (Å²) in [5, 5.41) is 5.77. The van der Waals surface area contributed by atoms with E-state index in [2.05, 4.69) is 10.6 Å². The lowest BCUT2D eigenvalue weighted by Gasteiger charge is -2.09. The first-order valence-corrected chi connectivity index (χ1v) is 7.36. The second kappa shape index (κ2) is 7.00. The summed E-state index contributed by atoms with van der Waals surface area (Å²) in [6.45, 7) is 0.745. The van der Waals surface area contributed by atoms with Crippen molar-refractivity contribution < 1.29 is 18.7 Å². The van der Waals surface area contributed by atoms with Gasteiger partial charge in [-0.15, -0.1) is 0 Å². The van der Waals surface area contributed by atoms with Crippen LogP contribution in [0.25, 0.3) is 0 Å². The van der Waals surface area contributed by atoms with Crippen molar-refractivity contribution in [3.63, 3.8) is 0 Å². The molecule has 1 aliphatic heterocycles. The van der Waals surface area contributed by atoms with E-state index in [0.717, 1.165) is 5.69 Å². The van der Waals surface area contributed by atoms with Gasteiger partial charge in [0, 0.05) is 18.3 Å². The third kappa shape index (κ3) is 3.91. The lowest BCUT2D eigenvalue weighted by atomic mass is 10.1. The van der Waals surface area contributed by atoms with Gasteiger partial charge in [0.2, 0.25) is 12.7 Å². The van der Waals surface area contributed by atoms with Gasteiger partial charge in [0.05, 0.1) is 6.54 Å². The summed E-state index contributed by atoms with van der Waals surface area (Å²) < 4.78 is 23.9. The maximum atomic E-state index is 13.4. The van der Waals surface area contributed by atoms with Crippen molar-refractivity contribution in [3.8, 4) is 11.5 Å². The number of halogens is 1. The lowest BCUT2D eigenvalue weighted by molar-refractivity contribution is -0.119. The number of benzene rings is 2. The Morgan fingerprint density at radius 1 is 1.13 bits per heavy atom. The molecule has 2 N–H and O–H groups in total. The normalized spacial score (nSPS) is 12.0. The summed E-state index contributed by atoms with van der Waals surface area (Å²) in [6.07, 6.45) is 0.461. The zero-order valence-corrected chi connectivity index (χ0v) is 12.5. The van der Waals surface area contributed by atoms with E-state index in [-0.39, 0.29) is 25.1 Å². The van der Waals surface area contributed by atoms with Crippen LogP contribution in [0, 0.1) is 5.82 Å². The van der Waals surface area contributed by atoms with Gasteiger partial charge in [-0.1, -0.05) is 18.2 Å². The molecule has 23 heavy (non-hydrogen) atoms. The minimum Gasteiger partial charge on any atom is -0.454 e. The molecule has 0 unspecified atom stereocenters. The van der Waals surface area contributed by atoms with E-state index < -0.39 is 0 Å². The maximum Gasteiger partial charge on any atom is 0.239 e. The second-order valence-corrected chi connectivity index (χ2v) is 5.11. The van der Waals surface area contributed by atoms with Gasteiger partial charge in [-0.25, -0.2) is 4.39 Å². The van der Waals surface area contributed by atoms with E-state index in [1.54, 1.807) is 30.3 Å². The first-order chi connectivity index (χ1) is 11.2. The molecule has 6 heteroatoms. The molecule has 0 aliphatic carbocycles. The van der Waals surface area contributed by atoms with Gasteiger partial charge in [0.1, 0.15) is 5.82 Å². The fourth-order valence-corrected chi connectivity index (χ4v) is 2.29. The molecular weight excluding hydrogens is 299 g/mol. The Bertz CT molecular complexity index is 706. The highest BCUT2D eigenvalue weighted by atomic mass is 19.1. The van der Waals surface area contributed by atoms with Gasteiger partial charge in [0.15, 0.2) is 11.5 Å². The quantitative estimate of drug-likeness (QED) is 0.859. The number of amides is 1. The fraction of sp³-hybridized carbons (Fsp3) is 0.235. The second-order valence-electron chi connectivity index (χ2n) is 5.11. The topological polar surface area (TPSA) is 59.6 Å². The van der Waals surface area contributed by atoms with Crippen molar-refractivity contribution in [2.45, 2.75) is 6.42 Å². The third-order valence-corrected chi connectivity index (χ3v) is 3.50. The molecule has 3 rings (SSSR count). The molecular formula is C17H17FN2O3. The van der Waals surface area contributed by atoms with Crippen LogP contribution in [-0.2, 0) is 11.2 Å². The molecule has 0 fully saturated rings. The highest BCUT2D eigenvalue weighted by Crippen LogP contribution is 2.34. The van der Waals surface area contributed by atoms with Gasteiger partial charge < -0.3 is 20.1 Å². The summed E-state index contributed by atoms with van der Waals surface area (Å²) in [5.41, 5.74) is 1.37. The summed E-state index contributed by atoms with van der Waals surface area (Å²) >= 11 is 0. The molecule has 0 saturated carbocycles. The summed E-state index contributed by atoms with van der Waals surface area (Å²) in [6, 6.07) is 12.0. The van der Waals surface area contributed by atoms with Gasteiger partial charge in [-0.05, 0) is 30.2 Å². The SMILES string of the molecule is O=C(CNc1ccc2c(c1)OCO2)NCCc1ccccc1F. The molecule has 0 saturated heterocycles. The van der Waals surface area contributed by atoms with E-state index >= 15 is 0 Å². The zero-order valence-electron chi connectivity index (χ0n) is 12.5. The van der Waals surface area contributed by atoms with Gasteiger partial charge >= 0.3 is 0 Å². The minimum absolute atomic E-state index is 0.136. The number of carbonyl (C=O) groups is 1. The average molecular weight is 316 g/mol. The highest BCUT2D eigenvalue weighted by Gasteiger charge is 2.13. The third-order valence-electron chi connectivity index (χ3n) is 3.50. The van der Waals surface area contributed by atoms with Crippen molar-refractivity contribution in [3.05, 3.63) is 53.8 Å². The average Bonchev–Trinajstić information content (AvgIpc) is 3.02. The highest BCUT2D eigenvalue weighted by molar-refractivity contribution is 5.80. The van der Waals surface area contributed by atoms with Crippen LogP contribution >= 0.6 is 0 Å². The monoisotopic (exact) mass is 316 g/mol. The Labute approximate surface area is 133 Å². The van der Waals surface area contributed by atoms with Crippen molar-refractivity contribution in [2.75, 3.05) is 25.2 Å². The van der Waals surface area contributed by atoms with Crippen LogP contribution in [0.1, 0.15) is 5.56 Å². The van der Waals surface area contributed by atoms with Gasteiger partial charge in [0.25, 0.3) is 0 Å². The molecule has 1 aliphatic rings. The van der Waals surface area contributed by atoms with Gasteiger partial charge in [-0.2, -0.15) is 0 Å². The molecule has 2 aromatic carbocycles. The van der Waals surface area contributed by atoms with E-state index in [1.165, 1.54) is 6.07 Å². The Hall–Kier alpha value is -2.76. The van der Waals surface area contributed by atoms with Crippen LogP contribution in [0.2, 0.25) is 0 Å².